The van der Waals surface area contributed by atoms with Gasteiger partial charge in [-0.1, -0.05) is 46.6 Å². The first-order valence-electron chi connectivity index (χ1n) is 13.1. The van der Waals surface area contributed by atoms with Crippen molar-refractivity contribution in [2.45, 2.75) is 37.5 Å². The Hall–Kier alpha value is -2.14. The zero-order valence-corrected chi connectivity index (χ0v) is 24.6. The molecule has 0 saturated carbocycles. The minimum absolute atomic E-state index is 0.00553. The molecule has 0 aromatic heterocycles. The molecule has 0 bridgehead atoms. The van der Waals surface area contributed by atoms with Gasteiger partial charge in [-0.05, 0) is 49.1 Å². The first kappa shape index (κ1) is 27.4. The summed E-state index contributed by atoms with van der Waals surface area (Å²) >= 11 is 9.82. The van der Waals surface area contributed by atoms with E-state index >= 15 is 0 Å². The van der Waals surface area contributed by atoms with Gasteiger partial charge in [0, 0.05) is 56.7 Å². The highest BCUT2D eigenvalue weighted by Gasteiger charge is 2.39. The summed E-state index contributed by atoms with van der Waals surface area (Å²) in [5.74, 6) is -0.477. The fourth-order valence-electron chi connectivity index (χ4n) is 5.74. The summed E-state index contributed by atoms with van der Waals surface area (Å²) in [6.07, 6.45) is 2.19. The van der Waals surface area contributed by atoms with Crippen LogP contribution in [0, 0.1) is 5.92 Å². The minimum atomic E-state index is -3.92. The molecule has 2 aromatic carbocycles. The summed E-state index contributed by atoms with van der Waals surface area (Å²) in [5, 5.41) is 0.693. The number of carbonyl (C=O) groups excluding carboxylic acids is 2. The Balaban J connectivity index is 1.31. The second-order valence-electron chi connectivity index (χ2n) is 10.0. The molecule has 11 heteroatoms. The van der Waals surface area contributed by atoms with E-state index in [1.165, 1.54) is 4.31 Å². The summed E-state index contributed by atoms with van der Waals surface area (Å²) in [5.41, 5.74) is 2.30. The van der Waals surface area contributed by atoms with Crippen molar-refractivity contribution >= 4 is 60.7 Å². The van der Waals surface area contributed by atoms with Crippen LogP contribution in [0.25, 0.3) is 0 Å². The van der Waals surface area contributed by atoms with Crippen molar-refractivity contribution in [3.63, 3.8) is 0 Å². The van der Waals surface area contributed by atoms with Crippen LogP contribution >= 0.6 is 27.5 Å². The third-order valence-electron chi connectivity index (χ3n) is 7.73. The molecule has 3 aliphatic rings. The summed E-state index contributed by atoms with van der Waals surface area (Å²) in [4.78, 5) is 31.9. The summed E-state index contributed by atoms with van der Waals surface area (Å²) in [7, 11) is -3.92. The maximum Gasteiger partial charge on any atom is 0.245 e. The SMILES string of the molecule is CCC(=O)N1CCc2cc(Br)cc(S(=O)(=O)N3CCCC(C(=O)N4CCN(c5ccccc5Cl)CC4)C3)c21. The van der Waals surface area contributed by atoms with Crippen molar-refractivity contribution < 1.29 is 18.0 Å². The highest BCUT2D eigenvalue weighted by atomic mass is 79.9. The van der Waals surface area contributed by atoms with Gasteiger partial charge in [-0.2, -0.15) is 4.31 Å². The Bertz CT molecular complexity index is 1350. The lowest BCUT2D eigenvalue weighted by Crippen LogP contribution is -2.53. The van der Waals surface area contributed by atoms with Crippen molar-refractivity contribution in [2.75, 3.05) is 55.6 Å². The molecule has 204 valence electrons. The molecule has 0 spiro atoms. The van der Waals surface area contributed by atoms with Crippen LogP contribution in [0.1, 0.15) is 31.7 Å². The molecule has 2 aromatic rings. The number of para-hydroxylation sites is 1. The largest absolute Gasteiger partial charge is 0.367 e. The number of halogens is 2. The lowest BCUT2D eigenvalue weighted by molar-refractivity contribution is -0.137. The normalized spacial score (nSPS) is 20.5. The molecule has 38 heavy (non-hydrogen) atoms. The number of anilines is 2. The number of benzene rings is 2. The van der Waals surface area contributed by atoms with Crippen LogP contribution in [0.5, 0.6) is 0 Å². The number of piperazine rings is 1. The Labute approximate surface area is 237 Å². The molecule has 8 nitrogen and oxygen atoms in total. The fourth-order valence-corrected chi connectivity index (χ4v) is 8.44. The zero-order chi connectivity index (χ0) is 27.0. The van der Waals surface area contributed by atoms with Gasteiger partial charge in [0.05, 0.1) is 22.3 Å². The van der Waals surface area contributed by atoms with Crippen LogP contribution in [0.4, 0.5) is 11.4 Å². The number of hydrogen-bond acceptors (Lipinski definition) is 5. The fraction of sp³-hybridized carbons (Fsp3) is 0.481. The summed E-state index contributed by atoms with van der Waals surface area (Å²) in [6.45, 7) is 5.25. The molecule has 3 aliphatic heterocycles. The van der Waals surface area contributed by atoms with Crippen molar-refractivity contribution in [2.24, 2.45) is 5.92 Å². The zero-order valence-electron chi connectivity index (χ0n) is 21.4. The average molecular weight is 624 g/mol. The second-order valence-corrected chi connectivity index (χ2v) is 13.3. The first-order valence-corrected chi connectivity index (χ1v) is 15.7. The molecule has 0 radical (unpaired) electrons. The number of carbonyl (C=O) groups is 2. The van der Waals surface area contributed by atoms with Gasteiger partial charge in [0.1, 0.15) is 4.90 Å². The Morgan fingerprint density at radius 2 is 1.79 bits per heavy atom. The molecule has 2 fully saturated rings. The second kappa shape index (κ2) is 11.2. The van der Waals surface area contributed by atoms with E-state index < -0.39 is 10.0 Å². The Kier molecular flexibility index (Phi) is 8.05. The number of fused-ring (bicyclic) bond motifs is 1. The predicted molar refractivity (Wildman–Crippen MR) is 152 cm³/mol. The van der Waals surface area contributed by atoms with Gasteiger partial charge < -0.3 is 14.7 Å². The first-order chi connectivity index (χ1) is 18.2. The number of sulfonamides is 1. The molecule has 3 heterocycles. The smallest absolute Gasteiger partial charge is 0.245 e. The lowest BCUT2D eigenvalue weighted by Gasteiger charge is -2.39. The van der Waals surface area contributed by atoms with Crippen molar-refractivity contribution in [3.05, 3.63) is 51.5 Å². The number of amides is 2. The Morgan fingerprint density at radius 1 is 1.05 bits per heavy atom. The molecule has 5 rings (SSSR count). The van der Waals surface area contributed by atoms with Gasteiger partial charge >= 0.3 is 0 Å². The van der Waals surface area contributed by atoms with E-state index in [-0.39, 0.29) is 29.2 Å². The number of hydrogen-bond donors (Lipinski definition) is 0. The monoisotopic (exact) mass is 622 g/mol. The van der Waals surface area contributed by atoms with Crippen molar-refractivity contribution in [1.82, 2.24) is 9.21 Å². The van der Waals surface area contributed by atoms with Gasteiger partial charge in [0.25, 0.3) is 0 Å². The molecule has 1 unspecified atom stereocenters. The molecular formula is C27H32BrClN4O4S. The van der Waals surface area contributed by atoms with E-state index in [1.54, 1.807) is 17.9 Å². The summed E-state index contributed by atoms with van der Waals surface area (Å²) in [6, 6.07) is 11.2. The topological polar surface area (TPSA) is 81.2 Å². The molecule has 1 atom stereocenters. The summed E-state index contributed by atoms with van der Waals surface area (Å²) < 4.78 is 30.0. The van der Waals surface area contributed by atoms with Crippen LogP contribution in [0.3, 0.4) is 0 Å². The maximum atomic E-state index is 14.0. The molecule has 0 N–H and O–H groups in total. The van der Waals surface area contributed by atoms with Gasteiger partial charge in [-0.25, -0.2) is 8.42 Å². The maximum absolute atomic E-state index is 14.0. The van der Waals surface area contributed by atoms with E-state index in [9.17, 15) is 18.0 Å². The minimum Gasteiger partial charge on any atom is -0.367 e. The van der Waals surface area contributed by atoms with E-state index in [0.29, 0.717) is 80.1 Å². The van der Waals surface area contributed by atoms with Gasteiger partial charge in [0.2, 0.25) is 21.8 Å². The van der Waals surface area contributed by atoms with Crippen LogP contribution in [-0.4, -0.2) is 75.3 Å². The third-order valence-corrected chi connectivity index (χ3v) is 10.4. The quantitative estimate of drug-likeness (QED) is 0.500. The van der Waals surface area contributed by atoms with Crippen LogP contribution in [0.2, 0.25) is 5.02 Å². The van der Waals surface area contributed by atoms with E-state index in [1.807, 2.05) is 35.2 Å². The Morgan fingerprint density at radius 3 is 2.50 bits per heavy atom. The molecular weight excluding hydrogens is 592 g/mol. The standard InChI is InChI=1S/C27H32BrClN4O4S/c1-2-25(34)33-11-9-19-16-21(28)17-24(26(19)33)38(36,37)32-10-5-6-20(18-32)27(35)31-14-12-30(13-15-31)23-8-4-3-7-22(23)29/h3-4,7-8,16-17,20H,2,5-6,9-15,18H2,1H3. The molecule has 2 saturated heterocycles. The van der Waals surface area contributed by atoms with Crippen molar-refractivity contribution in [1.29, 1.82) is 0 Å². The number of rotatable bonds is 5. The number of nitrogens with zero attached hydrogens (tertiary/aromatic N) is 4. The van der Waals surface area contributed by atoms with Gasteiger partial charge in [-0.3, -0.25) is 9.59 Å². The van der Waals surface area contributed by atoms with Crippen LogP contribution in [0.15, 0.2) is 45.8 Å². The highest BCUT2D eigenvalue weighted by Crippen LogP contribution is 2.40. The van der Waals surface area contributed by atoms with E-state index in [0.717, 1.165) is 11.3 Å². The van der Waals surface area contributed by atoms with E-state index in [4.69, 9.17) is 11.6 Å². The average Bonchev–Trinajstić information content (AvgIpc) is 3.36. The predicted octanol–water partition coefficient (Wildman–Crippen LogP) is 4.15. The van der Waals surface area contributed by atoms with Crippen LogP contribution in [-0.2, 0) is 26.0 Å². The van der Waals surface area contributed by atoms with Gasteiger partial charge in [0.15, 0.2) is 0 Å². The van der Waals surface area contributed by atoms with Crippen molar-refractivity contribution in [3.8, 4) is 0 Å². The molecule has 2 amide bonds. The van der Waals surface area contributed by atoms with Gasteiger partial charge in [-0.15, -0.1) is 0 Å². The lowest BCUT2D eigenvalue weighted by atomic mass is 9.97. The molecule has 0 aliphatic carbocycles. The highest BCUT2D eigenvalue weighted by molar-refractivity contribution is 9.10. The van der Waals surface area contributed by atoms with E-state index in [2.05, 4.69) is 20.8 Å². The van der Waals surface area contributed by atoms with Crippen LogP contribution < -0.4 is 9.80 Å². The number of piperidine rings is 1. The third kappa shape index (κ3) is 5.20.